The number of fused-ring (bicyclic) bond motifs is 1. The van der Waals surface area contributed by atoms with Crippen molar-refractivity contribution >= 4 is 40.2 Å². The van der Waals surface area contributed by atoms with Crippen LogP contribution in [0.2, 0.25) is 5.02 Å². The van der Waals surface area contributed by atoms with E-state index in [1.165, 1.54) is 9.58 Å². The molecule has 11 heteroatoms. The van der Waals surface area contributed by atoms with Gasteiger partial charge in [-0.1, -0.05) is 29.8 Å². The average Bonchev–Trinajstić information content (AvgIpc) is 3.56. The van der Waals surface area contributed by atoms with E-state index in [-0.39, 0.29) is 41.3 Å². The van der Waals surface area contributed by atoms with Crippen LogP contribution in [0.25, 0.3) is 10.9 Å². The number of carbonyl (C=O) groups excluding carboxylic acids is 3. The SMILES string of the molecule is NC(=O)c1nn(CC(=O)N(CC(=O)NCc2c(F)ccc(Cl)c2F)C2CC2)c2ccccc12. The number of carbonyl (C=O) groups is 3. The third-order valence-electron chi connectivity index (χ3n) is 5.40. The molecule has 3 aromatic rings. The van der Waals surface area contributed by atoms with E-state index in [9.17, 15) is 23.2 Å². The molecule has 2 aromatic carbocycles. The van der Waals surface area contributed by atoms with Gasteiger partial charge in [-0.15, -0.1) is 0 Å². The summed E-state index contributed by atoms with van der Waals surface area (Å²) in [5.74, 6) is -3.43. The van der Waals surface area contributed by atoms with Gasteiger partial charge >= 0.3 is 0 Å². The lowest BCUT2D eigenvalue weighted by Gasteiger charge is -2.22. The molecule has 0 aliphatic heterocycles. The smallest absolute Gasteiger partial charge is 0.269 e. The molecule has 0 spiro atoms. The summed E-state index contributed by atoms with van der Waals surface area (Å²) in [4.78, 5) is 38.6. The van der Waals surface area contributed by atoms with Crippen molar-refractivity contribution in [1.82, 2.24) is 20.0 Å². The van der Waals surface area contributed by atoms with Crippen molar-refractivity contribution in [2.24, 2.45) is 5.73 Å². The Labute approximate surface area is 192 Å². The summed E-state index contributed by atoms with van der Waals surface area (Å²) >= 11 is 5.67. The predicted octanol–water partition coefficient (Wildman–Crippen LogP) is 2.37. The van der Waals surface area contributed by atoms with E-state index in [4.69, 9.17) is 17.3 Å². The number of hydrogen-bond donors (Lipinski definition) is 2. The van der Waals surface area contributed by atoms with Crippen LogP contribution < -0.4 is 11.1 Å². The number of nitrogens with zero attached hydrogens (tertiary/aromatic N) is 3. The highest BCUT2D eigenvalue weighted by Gasteiger charge is 2.34. The number of amides is 3. The van der Waals surface area contributed by atoms with Gasteiger partial charge < -0.3 is 16.0 Å². The number of hydrogen-bond acceptors (Lipinski definition) is 4. The Kier molecular flexibility index (Phi) is 6.28. The molecular formula is C22H20ClF2N5O3. The lowest BCUT2D eigenvalue weighted by atomic mass is 10.2. The maximum absolute atomic E-state index is 14.0. The van der Waals surface area contributed by atoms with Gasteiger partial charge in [0.2, 0.25) is 11.8 Å². The Bertz CT molecular complexity index is 1260. The second-order valence-electron chi connectivity index (χ2n) is 7.74. The van der Waals surface area contributed by atoms with E-state index in [1.54, 1.807) is 24.3 Å². The zero-order valence-electron chi connectivity index (χ0n) is 17.4. The second kappa shape index (κ2) is 9.14. The molecule has 1 aliphatic rings. The van der Waals surface area contributed by atoms with Crippen LogP contribution in [0, 0.1) is 11.6 Å². The molecule has 1 saturated carbocycles. The Morgan fingerprint density at radius 3 is 2.61 bits per heavy atom. The Hall–Kier alpha value is -3.53. The molecule has 8 nitrogen and oxygen atoms in total. The summed E-state index contributed by atoms with van der Waals surface area (Å²) in [6, 6.07) is 8.87. The molecule has 0 saturated heterocycles. The molecule has 0 unspecified atom stereocenters. The van der Waals surface area contributed by atoms with Gasteiger partial charge in [0.1, 0.15) is 18.2 Å². The fraction of sp³-hybridized carbons (Fsp3) is 0.273. The van der Waals surface area contributed by atoms with E-state index >= 15 is 0 Å². The van der Waals surface area contributed by atoms with Crippen LogP contribution in [0.1, 0.15) is 28.9 Å². The van der Waals surface area contributed by atoms with E-state index in [0.29, 0.717) is 10.9 Å². The zero-order valence-corrected chi connectivity index (χ0v) is 18.1. The fourth-order valence-corrected chi connectivity index (χ4v) is 3.76. The topological polar surface area (TPSA) is 110 Å². The highest BCUT2D eigenvalue weighted by atomic mass is 35.5. The van der Waals surface area contributed by atoms with Gasteiger partial charge in [0, 0.05) is 23.5 Å². The lowest BCUT2D eigenvalue weighted by molar-refractivity contribution is -0.137. The minimum atomic E-state index is -0.942. The van der Waals surface area contributed by atoms with Gasteiger partial charge in [-0.3, -0.25) is 19.1 Å². The first-order valence-corrected chi connectivity index (χ1v) is 10.6. The van der Waals surface area contributed by atoms with E-state index in [0.717, 1.165) is 25.0 Å². The first-order chi connectivity index (χ1) is 15.8. The zero-order chi connectivity index (χ0) is 23.7. The van der Waals surface area contributed by atoms with E-state index < -0.39 is 30.0 Å². The summed E-state index contributed by atoms with van der Waals surface area (Å²) in [5, 5.41) is 6.88. The molecule has 172 valence electrons. The Balaban J connectivity index is 1.46. The minimum Gasteiger partial charge on any atom is -0.364 e. The van der Waals surface area contributed by atoms with Crippen LogP contribution in [-0.2, 0) is 22.7 Å². The number of para-hydroxylation sites is 1. The standard InChI is InChI=1S/C22H20ClF2N5O3/c23-15-7-8-16(24)14(20(15)25)9-27-18(31)10-29(12-5-6-12)19(32)11-30-17-4-2-1-3-13(17)21(28-30)22(26)33/h1-4,7-8,12H,5-6,9-11H2,(H2,26,33)(H,27,31). The molecule has 33 heavy (non-hydrogen) atoms. The summed E-state index contributed by atoms with van der Waals surface area (Å²) < 4.78 is 29.3. The Morgan fingerprint density at radius 2 is 1.91 bits per heavy atom. The van der Waals surface area contributed by atoms with Crippen molar-refractivity contribution in [3.63, 3.8) is 0 Å². The molecule has 1 fully saturated rings. The van der Waals surface area contributed by atoms with Gasteiger partial charge in [-0.25, -0.2) is 8.78 Å². The number of aromatic nitrogens is 2. The minimum absolute atomic E-state index is 0.0553. The molecule has 1 heterocycles. The average molecular weight is 476 g/mol. The Morgan fingerprint density at radius 1 is 1.18 bits per heavy atom. The summed E-state index contributed by atoms with van der Waals surface area (Å²) in [5.41, 5.74) is 5.65. The van der Waals surface area contributed by atoms with Crippen LogP contribution in [0.3, 0.4) is 0 Å². The van der Waals surface area contributed by atoms with Crippen molar-refractivity contribution in [1.29, 1.82) is 0 Å². The quantitative estimate of drug-likeness (QED) is 0.487. The number of primary amides is 1. The molecule has 3 amide bonds. The highest BCUT2D eigenvalue weighted by molar-refractivity contribution is 6.30. The van der Waals surface area contributed by atoms with Crippen LogP contribution >= 0.6 is 11.6 Å². The van der Waals surface area contributed by atoms with Gasteiger partial charge in [0.15, 0.2) is 5.69 Å². The molecule has 0 radical (unpaired) electrons. The largest absolute Gasteiger partial charge is 0.364 e. The number of halogens is 3. The summed E-state index contributed by atoms with van der Waals surface area (Å²) in [6.45, 7) is -0.889. The van der Waals surface area contributed by atoms with Crippen molar-refractivity contribution in [3.8, 4) is 0 Å². The molecule has 4 rings (SSSR count). The summed E-state index contributed by atoms with van der Waals surface area (Å²) in [6.07, 6.45) is 1.48. The van der Waals surface area contributed by atoms with Crippen molar-refractivity contribution in [3.05, 3.63) is 64.3 Å². The predicted molar refractivity (Wildman–Crippen MR) is 116 cm³/mol. The molecule has 1 aromatic heterocycles. The monoisotopic (exact) mass is 475 g/mol. The third-order valence-corrected chi connectivity index (χ3v) is 5.69. The molecule has 0 bridgehead atoms. The maximum Gasteiger partial charge on any atom is 0.269 e. The molecular weight excluding hydrogens is 456 g/mol. The van der Waals surface area contributed by atoms with E-state index in [1.807, 2.05) is 0 Å². The molecule has 3 N–H and O–H groups in total. The van der Waals surface area contributed by atoms with Crippen LogP contribution in [0.4, 0.5) is 8.78 Å². The first-order valence-electron chi connectivity index (χ1n) is 10.2. The lowest BCUT2D eigenvalue weighted by Crippen LogP contribution is -2.43. The second-order valence-corrected chi connectivity index (χ2v) is 8.15. The fourth-order valence-electron chi connectivity index (χ4n) is 3.58. The van der Waals surface area contributed by atoms with Gasteiger partial charge in [-0.2, -0.15) is 5.10 Å². The third kappa shape index (κ3) is 4.80. The van der Waals surface area contributed by atoms with Gasteiger partial charge in [0.25, 0.3) is 5.91 Å². The normalized spacial score (nSPS) is 13.2. The number of nitrogens with two attached hydrogens (primary N) is 1. The van der Waals surface area contributed by atoms with Gasteiger partial charge in [-0.05, 0) is 31.0 Å². The van der Waals surface area contributed by atoms with Crippen LogP contribution in [0.15, 0.2) is 36.4 Å². The van der Waals surface area contributed by atoms with Crippen molar-refractivity contribution in [2.45, 2.75) is 32.0 Å². The maximum atomic E-state index is 14.0. The number of nitrogens with one attached hydrogen (secondary N) is 1. The van der Waals surface area contributed by atoms with Crippen LogP contribution in [0.5, 0.6) is 0 Å². The highest BCUT2D eigenvalue weighted by Crippen LogP contribution is 2.27. The van der Waals surface area contributed by atoms with E-state index in [2.05, 4.69) is 10.4 Å². The van der Waals surface area contributed by atoms with Crippen molar-refractivity contribution in [2.75, 3.05) is 6.54 Å². The summed E-state index contributed by atoms with van der Waals surface area (Å²) in [7, 11) is 0. The number of rotatable bonds is 8. The van der Waals surface area contributed by atoms with Crippen LogP contribution in [-0.4, -0.2) is 45.0 Å². The molecule has 0 atom stereocenters. The van der Waals surface area contributed by atoms with Gasteiger partial charge in [0.05, 0.1) is 17.1 Å². The molecule has 1 aliphatic carbocycles. The number of benzene rings is 2. The van der Waals surface area contributed by atoms with Crippen molar-refractivity contribution < 1.29 is 23.2 Å². The first kappa shape index (κ1) is 22.7.